The van der Waals surface area contributed by atoms with Crippen molar-refractivity contribution in [3.05, 3.63) is 58.4 Å². The molecular weight excluding hydrogens is 446 g/mol. The van der Waals surface area contributed by atoms with Gasteiger partial charge in [-0.2, -0.15) is 0 Å². The van der Waals surface area contributed by atoms with Crippen LogP contribution in [0.2, 0.25) is 0 Å². The number of aromatic nitrogens is 1. The third kappa shape index (κ3) is 5.01. The fourth-order valence-corrected chi connectivity index (χ4v) is 5.93. The molecule has 0 spiro atoms. The van der Waals surface area contributed by atoms with E-state index in [1.165, 1.54) is 19.2 Å². The standard InChI is InChI=1S/C23H25N3O4S2/c1-15-24-20(14-31-15)16-6-5-9-19(12-16)25-23(27)17-10-11-21(30-2)22(13-17)32(28,29)26-18-7-3-4-8-18/h5-6,9-14,18,26H,3-4,7-8H2,1-2H3,(H,25,27). The van der Waals surface area contributed by atoms with Crippen LogP contribution in [0.3, 0.4) is 0 Å². The lowest BCUT2D eigenvalue weighted by molar-refractivity contribution is 0.102. The number of ether oxygens (including phenoxy) is 1. The summed E-state index contributed by atoms with van der Waals surface area (Å²) in [6.07, 6.45) is 3.64. The van der Waals surface area contributed by atoms with Crippen LogP contribution in [0.25, 0.3) is 11.3 Å². The minimum atomic E-state index is -3.82. The first-order valence-electron chi connectivity index (χ1n) is 10.4. The van der Waals surface area contributed by atoms with Crippen LogP contribution in [0.1, 0.15) is 41.0 Å². The number of aryl methyl sites for hydroxylation is 1. The van der Waals surface area contributed by atoms with Crippen molar-refractivity contribution in [1.82, 2.24) is 9.71 Å². The van der Waals surface area contributed by atoms with Crippen molar-refractivity contribution in [3.8, 4) is 17.0 Å². The normalized spacial score (nSPS) is 14.4. The van der Waals surface area contributed by atoms with Crippen LogP contribution in [-0.4, -0.2) is 32.5 Å². The number of amides is 1. The summed E-state index contributed by atoms with van der Waals surface area (Å²) in [5.74, 6) is -0.204. The second-order valence-electron chi connectivity index (χ2n) is 7.75. The van der Waals surface area contributed by atoms with Crippen molar-refractivity contribution in [2.45, 2.75) is 43.5 Å². The quantitative estimate of drug-likeness (QED) is 0.525. The molecule has 4 rings (SSSR count). The van der Waals surface area contributed by atoms with Crippen LogP contribution in [0.5, 0.6) is 5.75 Å². The number of hydrogen-bond acceptors (Lipinski definition) is 6. The number of rotatable bonds is 7. The van der Waals surface area contributed by atoms with Gasteiger partial charge in [0.05, 0.1) is 17.8 Å². The number of thiazole rings is 1. The lowest BCUT2D eigenvalue weighted by atomic mass is 10.1. The van der Waals surface area contributed by atoms with E-state index in [0.29, 0.717) is 5.69 Å². The van der Waals surface area contributed by atoms with Crippen molar-refractivity contribution < 1.29 is 17.9 Å². The summed E-state index contributed by atoms with van der Waals surface area (Å²) in [4.78, 5) is 17.4. The van der Waals surface area contributed by atoms with E-state index in [0.717, 1.165) is 41.9 Å². The van der Waals surface area contributed by atoms with Gasteiger partial charge in [-0.1, -0.05) is 25.0 Å². The van der Waals surface area contributed by atoms with E-state index >= 15 is 0 Å². The Bertz CT molecular complexity index is 1230. The van der Waals surface area contributed by atoms with Crippen molar-refractivity contribution >= 4 is 33.0 Å². The molecule has 1 aliphatic carbocycles. The summed E-state index contributed by atoms with van der Waals surface area (Å²) in [6, 6.07) is 11.7. The third-order valence-corrected chi connectivity index (χ3v) is 7.74. The van der Waals surface area contributed by atoms with Gasteiger partial charge in [0.25, 0.3) is 5.91 Å². The van der Waals surface area contributed by atoms with E-state index in [1.54, 1.807) is 23.5 Å². The fraction of sp³-hybridized carbons (Fsp3) is 0.304. The average molecular weight is 472 g/mol. The maximum Gasteiger partial charge on any atom is 0.255 e. The van der Waals surface area contributed by atoms with Crippen molar-refractivity contribution in [2.75, 3.05) is 12.4 Å². The summed E-state index contributed by atoms with van der Waals surface area (Å²) in [5.41, 5.74) is 2.57. The second kappa shape index (κ2) is 9.40. The van der Waals surface area contributed by atoms with Gasteiger partial charge in [-0.25, -0.2) is 18.1 Å². The highest BCUT2D eigenvalue weighted by Gasteiger charge is 2.26. The molecule has 3 aromatic rings. The maximum atomic E-state index is 13.0. The molecule has 168 valence electrons. The number of anilines is 1. The highest BCUT2D eigenvalue weighted by molar-refractivity contribution is 7.89. The molecule has 1 aromatic heterocycles. The predicted octanol–water partition coefficient (Wildman–Crippen LogP) is 4.60. The summed E-state index contributed by atoms with van der Waals surface area (Å²) >= 11 is 1.56. The van der Waals surface area contributed by atoms with Crippen LogP contribution in [0, 0.1) is 6.92 Å². The molecule has 1 saturated carbocycles. The average Bonchev–Trinajstić information content (AvgIpc) is 3.45. The smallest absolute Gasteiger partial charge is 0.255 e. The molecule has 7 nitrogen and oxygen atoms in total. The third-order valence-electron chi connectivity index (χ3n) is 5.43. The molecule has 0 aliphatic heterocycles. The SMILES string of the molecule is COc1ccc(C(=O)Nc2cccc(-c3csc(C)n3)c2)cc1S(=O)(=O)NC1CCCC1. The fourth-order valence-electron chi connectivity index (χ4n) is 3.81. The van der Waals surface area contributed by atoms with Crippen LogP contribution in [-0.2, 0) is 10.0 Å². The van der Waals surface area contributed by atoms with Crippen LogP contribution >= 0.6 is 11.3 Å². The van der Waals surface area contributed by atoms with Gasteiger partial charge in [0.2, 0.25) is 10.0 Å². The minimum absolute atomic E-state index is 0.0359. The molecular formula is C23H25N3O4S2. The molecule has 1 aliphatic rings. The number of sulfonamides is 1. The zero-order valence-electron chi connectivity index (χ0n) is 17.9. The van der Waals surface area contributed by atoms with Gasteiger partial charge < -0.3 is 10.1 Å². The monoisotopic (exact) mass is 471 g/mol. The predicted molar refractivity (Wildman–Crippen MR) is 126 cm³/mol. The zero-order valence-corrected chi connectivity index (χ0v) is 19.6. The van der Waals surface area contributed by atoms with Crippen molar-refractivity contribution in [1.29, 1.82) is 0 Å². The molecule has 1 fully saturated rings. The zero-order chi connectivity index (χ0) is 22.7. The summed E-state index contributed by atoms with van der Waals surface area (Å²) < 4.78 is 34.0. The van der Waals surface area contributed by atoms with Crippen LogP contribution in [0.4, 0.5) is 5.69 Å². The first-order chi connectivity index (χ1) is 15.4. The summed E-state index contributed by atoms with van der Waals surface area (Å²) in [7, 11) is -2.41. The van der Waals surface area contributed by atoms with E-state index in [-0.39, 0.29) is 22.3 Å². The molecule has 0 bridgehead atoms. The van der Waals surface area contributed by atoms with E-state index in [9.17, 15) is 13.2 Å². The molecule has 0 radical (unpaired) electrons. The van der Waals surface area contributed by atoms with E-state index in [2.05, 4.69) is 15.0 Å². The summed E-state index contributed by atoms with van der Waals surface area (Å²) in [5, 5.41) is 5.78. The second-order valence-corrected chi connectivity index (χ2v) is 10.5. The first-order valence-corrected chi connectivity index (χ1v) is 12.8. The first kappa shape index (κ1) is 22.4. The summed E-state index contributed by atoms with van der Waals surface area (Å²) in [6.45, 7) is 1.94. The van der Waals surface area contributed by atoms with Gasteiger partial charge in [0.1, 0.15) is 10.6 Å². The van der Waals surface area contributed by atoms with Gasteiger partial charge in [0.15, 0.2) is 0 Å². The maximum absolute atomic E-state index is 13.0. The molecule has 1 amide bonds. The Kier molecular flexibility index (Phi) is 6.59. The Morgan fingerprint density at radius 3 is 2.62 bits per heavy atom. The van der Waals surface area contributed by atoms with Gasteiger partial charge in [-0.3, -0.25) is 4.79 Å². The van der Waals surface area contributed by atoms with E-state index in [1.807, 2.05) is 30.5 Å². The highest BCUT2D eigenvalue weighted by Crippen LogP contribution is 2.28. The van der Waals surface area contributed by atoms with Gasteiger partial charge in [0, 0.05) is 28.2 Å². The van der Waals surface area contributed by atoms with Gasteiger partial charge >= 0.3 is 0 Å². The number of nitrogens with zero attached hydrogens (tertiary/aromatic N) is 1. The Hall–Kier alpha value is -2.75. The Morgan fingerprint density at radius 2 is 1.94 bits per heavy atom. The van der Waals surface area contributed by atoms with Crippen molar-refractivity contribution in [3.63, 3.8) is 0 Å². The van der Waals surface area contributed by atoms with Gasteiger partial charge in [-0.15, -0.1) is 11.3 Å². The number of hydrogen-bond donors (Lipinski definition) is 2. The molecule has 2 aromatic carbocycles. The molecule has 0 unspecified atom stereocenters. The Balaban J connectivity index is 1.57. The Labute approximate surface area is 191 Å². The van der Waals surface area contributed by atoms with E-state index < -0.39 is 15.9 Å². The molecule has 2 N–H and O–H groups in total. The number of nitrogens with one attached hydrogen (secondary N) is 2. The minimum Gasteiger partial charge on any atom is -0.495 e. The Morgan fingerprint density at radius 1 is 1.16 bits per heavy atom. The highest BCUT2D eigenvalue weighted by atomic mass is 32.2. The number of methoxy groups -OCH3 is 1. The van der Waals surface area contributed by atoms with Crippen molar-refractivity contribution in [2.24, 2.45) is 0 Å². The van der Waals surface area contributed by atoms with Crippen LogP contribution < -0.4 is 14.8 Å². The molecule has 1 heterocycles. The molecule has 0 saturated heterocycles. The number of benzene rings is 2. The lowest BCUT2D eigenvalue weighted by Gasteiger charge is -2.16. The van der Waals surface area contributed by atoms with Gasteiger partial charge in [-0.05, 0) is 50.1 Å². The molecule has 9 heteroatoms. The number of carbonyl (C=O) groups is 1. The lowest BCUT2D eigenvalue weighted by Crippen LogP contribution is -2.33. The molecule has 0 atom stereocenters. The number of carbonyl (C=O) groups excluding carboxylic acids is 1. The topological polar surface area (TPSA) is 97.4 Å². The largest absolute Gasteiger partial charge is 0.495 e. The molecule has 32 heavy (non-hydrogen) atoms. The van der Waals surface area contributed by atoms with Crippen LogP contribution in [0.15, 0.2) is 52.7 Å². The van der Waals surface area contributed by atoms with E-state index in [4.69, 9.17) is 4.74 Å².